The second-order valence-electron chi connectivity index (χ2n) is 6.06. The summed E-state index contributed by atoms with van der Waals surface area (Å²) in [6.07, 6.45) is 6.46. The molecule has 0 bridgehead atoms. The number of methoxy groups -OCH3 is 2. The quantitative estimate of drug-likeness (QED) is 0.546. The van der Waals surface area contributed by atoms with Crippen molar-refractivity contribution in [1.82, 2.24) is 4.90 Å². The van der Waals surface area contributed by atoms with Gasteiger partial charge in [0.05, 0.1) is 20.8 Å². The largest absolute Gasteiger partial charge is 0.493 e. The average Bonchev–Trinajstić information content (AvgIpc) is 2.94. The van der Waals surface area contributed by atoms with Crippen LogP contribution in [-0.4, -0.2) is 67.5 Å². The molecule has 0 unspecified atom stereocenters. The first kappa shape index (κ1) is 22.6. The van der Waals surface area contributed by atoms with Gasteiger partial charge in [-0.15, -0.1) is 0 Å². The highest BCUT2D eigenvalue weighted by atomic mass is 16.5. The molecule has 0 spiro atoms. The summed E-state index contributed by atoms with van der Waals surface area (Å²) in [4.78, 5) is 20.8. The van der Waals surface area contributed by atoms with Crippen LogP contribution in [0, 0.1) is 0 Å². The zero-order chi connectivity index (χ0) is 20.1. The second-order valence-corrected chi connectivity index (χ2v) is 6.06. The van der Waals surface area contributed by atoms with Crippen LogP contribution in [0.5, 0.6) is 17.2 Å². The number of aliphatic carboxylic acids is 2. The second kappa shape index (κ2) is 12.8. The van der Waals surface area contributed by atoms with Crippen molar-refractivity contribution in [3.63, 3.8) is 0 Å². The minimum absolute atomic E-state index is 0.688. The van der Waals surface area contributed by atoms with E-state index < -0.39 is 11.9 Å². The summed E-state index contributed by atoms with van der Waals surface area (Å²) in [5.74, 6) is -1.49. The number of hydrogen-bond acceptors (Lipinski definition) is 6. The van der Waals surface area contributed by atoms with Gasteiger partial charge in [0.1, 0.15) is 0 Å². The molecule has 152 valence electrons. The fourth-order valence-electron chi connectivity index (χ4n) is 2.78. The third-order valence-electron chi connectivity index (χ3n) is 4.13. The van der Waals surface area contributed by atoms with E-state index in [1.807, 2.05) is 18.2 Å². The summed E-state index contributed by atoms with van der Waals surface area (Å²) in [6, 6.07) is 5.70. The van der Waals surface area contributed by atoms with Crippen LogP contribution < -0.4 is 14.2 Å². The number of hydrogen-bond donors (Lipinski definition) is 2. The van der Waals surface area contributed by atoms with Crippen molar-refractivity contribution < 1.29 is 34.0 Å². The molecule has 27 heavy (non-hydrogen) atoms. The third kappa shape index (κ3) is 8.63. The SMILES string of the molecule is COc1cccc(OC)c1OCCCN1CCCCCC1.O=C(O)C(=O)O. The van der Waals surface area contributed by atoms with Gasteiger partial charge in [-0.1, -0.05) is 18.9 Å². The predicted octanol–water partition coefficient (Wildman–Crippen LogP) is 2.50. The van der Waals surface area contributed by atoms with Gasteiger partial charge in [-0.25, -0.2) is 9.59 Å². The predicted molar refractivity (Wildman–Crippen MR) is 99.8 cm³/mol. The molecular formula is C19H29NO7. The zero-order valence-electron chi connectivity index (χ0n) is 16.0. The number of benzene rings is 1. The van der Waals surface area contributed by atoms with Crippen LogP contribution in [0.1, 0.15) is 32.1 Å². The monoisotopic (exact) mass is 383 g/mol. The maximum Gasteiger partial charge on any atom is 0.414 e. The number of nitrogens with zero attached hydrogens (tertiary/aromatic N) is 1. The Hall–Kier alpha value is -2.48. The minimum Gasteiger partial charge on any atom is -0.493 e. The molecule has 0 radical (unpaired) electrons. The summed E-state index contributed by atoms with van der Waals surface area (Å²) in [7, 11) is 3.30. The number of carboxylic acids is 2. The lowest BCUT2D eigenvalue weighted by Crippen LogP contribution is -2.26. The van der Waals surface area contributed by atoms with Gasteiger partial charge in [0.15, 0.2) is 11.5 Å². The Labute approximate surface area is 159 Å². The van der Waals surface area contributed by atoms with E-state index in [9.17, 15) is 0 Å². The van der Waals surface area contributed by atoms with Crippen LogP contribution in [0.15, 0.2) is 18.2 Å². The molecule has 1 aliphatic rings. The van der Waals surface area contributed by atoms with Gasteiger partial charge in [-0.2, -0.15) is 0 Å². The maximum absolute atomic E-state index is 9.10. The van der Waals surface area contributed by atoms with Crippen molar-refractivity contribution >= 4 is 11.9 Å². The Kier molecular flexibility index (Phi) is 10.7. The van der Waals surface area contributed by atoms with Crippen molar-refractivity contribution in [2.24, 2.45) is 0 Å². The lowest BCUT2D eigenvalue weighted by molar-refractivity contribution is -0.159. The molecule has 2 rings (SSSR count). The van der Waals surface area contributed by atoms with Crippen molar-refractivity contribution in [1.29, 1.82) is 0 Å². The molecule has 0 saturated carbocycles. The van der Waals surface area contributed by atoms with Crippen LogP contribution in [0.25, 0.3) is 0 Å². The Morgan fingerprint density at radius 1 is 0.963 bits per heavy atom. The fourth-order valence-corrected chi connectivity index (χ4v) is 2.78. The summed E-state index contributed by atoms with van der Waals surface area (Å²) in [5, 5.41) is 14.8. The van der Waals surface area contributed by atoms with Gasteiger partial charge in [0, 0.05) is 6.54 Å². The van der Waals surface area contributed by atoms with E-state index in [0.717, 1.165) is 24.5 Å². The topological polar surface area (TPSA) is 106 Å². The highest BCUT2D eigenvalue weighted by Gasteiger charge is 2.12. The fraction of sp³-hybridized carbons (Fsp3) is 0.579. The summed E-state index contributed by atoms with van der Waals surface area (Å²) >= 11 is 0. The number of carboxylic acid groups (broad SMARTS) is 2. The molecule has 1 saturated heterocycles. The van der Waals surface area contributed by atoms with E-state index in [0.29, 0.717) is 12.4 Å². The molecule has 1 fully saturated rings. The van der Waals surface area contributed by atoms with Crippen LogP contribution in [-0.2, 0) is 9.59 Å². The summed E-state index contributed by atoms with van der Waals surface area (Å²) in [5.41, 5.74) is 0. The van der Waals surface area contributed by atoms with E-state index >= 15 is 0 Å². The normalized spacial score (nSPS) is 14.3. The molecule has 2 N–H and O–H groups in total. The average molecular weight is 383 g/mol. The van der Waals surface area contributed by atoms with Crippen molar-refractivity contribution in [3.8, 4) is 17.2 Å². The smallest absolute Gasteiger partial charge is 0.414 e. The third-order valence-corrected chi connectivity index (χ3v) is 4.13. The van der Waals surface area contributed by atoms with E-state index in [-0.39, 0.29) is 0 Å². The van der Waals surface area contributed by atoms with Gasteiger partial charge in [-0.3, -0.25) is 0 Å². The first-order chi connectivity index (χ1) is 13.0. The number of para-hydroxylation sites is 1. The van der Waals surface area contributed by atoms with Crippen molar-refractivity contribution in [3.05, 3.63) is 18.2 Å². The van der Waals surface area contributed by atoms with Gasteiger partial charge < -0.3 is 29.3 Å². The molecule has 8 nitrogen and oxygen atoms in total. The Balaban J connectivity index is 0.000000527. The van der Waals surface area contributed by atoms with Crippen LogP contribution in [0.4, 0.5) is 0 Å². The Morgan fingerprint density at radius 3 is 1.93 bits per heavy atom. The highest BCUT2D eigenvalue weighted by Crippen LogP contribution is 2.36. The van der Waals surface area contributed by atoms with Crippen LogP contribution in [0.2, 0.25) is 0 Å². The summed E-state index contributed by atoms with van der Waals surface area (Å²) < 4.78 is 16.6. The number of likely N-dealkylation sites (tertiary alicyclic amines) is 1. The molecule has 0 amide bonds. The molecule has 0 aliphatic carbocycles. The van der Waals surface area contributed by atoms with Gasteiger partial charge in [0.25, 0.3) is 0 Å². The maximum atomic E-state index is 9.10. The highest BCUT2D eigenvalue weighted by molar-refractivity contribution is 6.27. The van der Waals surface area contributed by atoms with E-state index in [2.05, 4.69) is 4.90 Å². The minimum atomic E-state index is -1.82. The molecule has 1 aliphatic heterocycles. The molecule has 0 aromatic heterocycles. The molecule has 8 heteroatoms. The Bertz CT molecular complexity index is 549. The van der Waals surface area contributed by atoms with Crippen molar-refractivity contribution in [2.45, 2.75) is 32.1 Å². The molecule has 1 aromatic rings. The van der Waals surface area contributed by atoms with E-state index in [4.69, 9.17) is 34.0 Å². The molecule has 0 atom stereocenters. The van der Waals surface area contributed by atoms with Crippen molar-refractivity contribution in [2.75, 3.05) is 40.5 Å². The first-order valence-electron chi connectivity index (χ1n) is 9.02. The van der Waals surface area contributed by atoms with Gasteiger partial charge in [0.2, 0.25) is 5.75 Å². The lowest BCUT2D eigenvalue weighted by atomic mass is 10.2. The van der Waals surface area contributed by atoms with Crippen LogP contribution >= 0.6 is 0 Å². The number of carbonyl (C=O) groups is 2. The zero-order valence-corrected chi connectivity index (χ0v) is 16.0. The standard InChI is InChI=1S/C17H27NO3.C2H2O4/c1-19-15-9-7-10-16(20-2)17(15)21-14-8-13-18-11-5-3-4-6-12-18;3-1(4)2(5)6/h7,9-10H,3-6,8,11-14H2,1-2H3;(H,3,4)(H,5,6). The molecule has 1 aromatic carbocycles. The first-order valence-corrected chi connectivity index (χ1v) is 9.02. The number of rotatable bonds is 7. The lowest BCUT2D eigenvalue weighted by Gasteiger charge is -2.20. The molecular weight excluding hydrogens is 354 g/mol. The van der Waals surface area contributed by atoms with Gasteiger partial charge in [-0.05, 0) is 44.5 Å². The molecule has 1 heterocycles. The number of ether oxygens (including phenoxy) is 3. The van der Waals surface area contributed by atoms with Gasteiger partial charge >= 0.3 is 11.9 Å². The van der Waals surface area contributed by atoms with Crippen LogP contribution in [0.3, 0.4) is 0 Å². The van der Waals surface area contributed by atoms with E-state index in [1.54, 1.807) is 14.2 Å². The summed E-state index contributed by atoms with van der Waals surface area (Å²) in [6.45, 7) is 4.26. The van der Waals surface area contributed by atoms with E-state index in [1.165, 1.54) is 38.8 Å². The Morgan fingerprint density at radius 2 is 1.48 bits per heavy atom.